The summed E-state index contributed by atoms with van der Waals surface area (Å²) in [5.74, 6) is 0.409. The van der Waals surface area contributed by atoms with E-state index in [1.165, 1.54) is 6.07 Å². The number of hydrogen-bond donors (Lipinski definition) is 2. The molecular formula is C14H17N3O3S. The number of anilines is 1. The van der Waals surface area contributed by atoms with Crippen LogP contribution in [0.1, 0.15) is 13.3 Å². The minimum Gasteiger partial charge on any atom is -0.384 e. The van der Waals surface area contributed by atoms with Gasteiger partial charge in [-0.25, -0.2) is 18.1 Å². The van der Waals surface area contributed by atoms with Crippen molar-refractivity contribution in [2.75, 3.05) is 18.9 Å². The van der Waals surface area contributed by atoms with Crippen LogP contribution in [0.2, 0.25) is 0 Å². The van der Waals surface area contributed by atoms with Crippen molar-refractivity contribution in [2.45, 2.75) is 23.8 Å². The van der Waals surface area contributed by atoms with Crippen LogP contribution in [0, 0.1) is 0 Å². The van der Waals surface area contributed by atoms with Crippen LogP contribution in [0.15, 0.2) is 35.2 Å². The Kier molecular flexibility index (Phi) is 3.35. The van der Waals surface area contributed by atoms with Gasteiger partial charge in [0.2, 0.25) is 10.0 Å². The first-order chi connectivity index (χ1) is 9.88. The van der Waals surface area contributed by atoms with Gasteiger partial charge in [0.25, 0.3) is 0 Å². The quantitative estimate of drug-likeness (QED) is 0.890. The van der Waals surface area contributed by atoms with E-state index in [1.807, 2.05) is 6.92 Å². The van der Waals surface area contributed by atoms with Crippen molar-refractivity contribution in [1.29, 1.82) is 0 Å². The fourth-order valence-electron chi connectivity index (χ4n) is 2.42. The average Bonchev–Trinajstić information content (AvgIpc) is 2.83. The molecule has 1 atom stereocenters. The molecule has 3 N–H and O–H groups in total. The average molecular weight is 307 g/mol. The van der Waals surface area contributed by atoms with Crippen molar-refractivity contribution in [3.8, 4) is 0 Å². The molecule has 7 heteroatoms. The molecule has 1 aromatic carbocycles. The van der Waals surface area contributed by atoms with Crippen molar-refractivity contribution in [1.82, 2.24) is 9.71 Å². The molecule has 2 aromatic rings. The van der Waals surface area contributed by atoms with Gasteiger partial charge < -0.3 is 10.5 Å². The molecule has 1 aliphatic heterocycles. The maximum atomic E-state index is 12.5. The minimum absolute atomic E-state index is 0.217. The van der Waals surface area contributed by atoms with E-state index in [9.17, 15) is 8.42 Å². The Hall–Kier alpha value is -1.70. The monoisotopic (exact) mass is 307 g/mol. The highest BCUT2D eigenvalue weighted by Gasteiger charge is 2.34. The van der Waals surface area contributed by atoms with Gasteiger partial charge in [-0.15, -0.1) is 0 Å². The lowest BCUT2D eigenvalue weighted by atomic mass is 10.0. The van der Waals surface area contributed by atoms with Crippen molar-refractivity contribution >= 4 is 26.7 Å². The predicted octanol–water partition coefficient (Wildman–Crippen LogP) is 1.27. The summed E-state index contributed by atoms with van der Waals surface area (Å²) in [5, 5.41) is 0.736. The molecule has 0 spiro atoms. The van der Waals surface area contributed by atoms with Gasteiger partial charge in [-0.3, -0.25) is 0 Å². The molecule has 0 amide bonds. The Morgan fingerprint density at radius 3 is 2.86 bits per heavy atom. The maximum Gasteiger partial charge on any atom is 0.241 e. The molecule has 1 fully saturated rings. The summed E-state index contributed by atoms with van der Waals surface area (Å²) < 4.78 is 33.0. The van der Waals surface area contributed by atoms with Gasteiger partial charge in [-0.1, -0.05) is 0 Å². The van der Waals surface area contributed by atoms with Gasteiger partial charge in [-0.2, -0.15) is 0 Å². The molecule has 0 bridgehead atoms. The number of nitrogen functional groups attached to an aromatic ring is 1. The highest BCUT2D eigenvalue weighted by atomic mass is 32.2. The van der Waals surface area contributed by atoms with E-state index in [0.717, 1.165) is 5.39 Å². The lowest BCUT2D eigenvalue weighted by molar-refractivity contribution is 0.178. The number of benzene rings is 1. The first kappa shape index (κ1) is 14.2. The largest absolute Gasteiger partial charge is 0.384 e. The molecular weight excluding hydrogens is 290 g/mol. The number of nitrogens with one attached hydrogen (secondary N) is 1. The molecule has 6 nitrogen and oxygen atoms in total. The van der Waals surface area contributed by atoms with Crippen LogP contribution in [-0.4, -0.2) is 32.2 Å². The standard InChI is InChI=1S/C14H17N3O3S/c1-14(6-7-20-9-14)17-21(18,19)11-3-4-12-10(8-11)2-5-13(15)16-12/h2-5,8,17H,6-7,9H2,1H3,(H2,15,16). The van der Waals surface area contributed by atoms with Crippen molar-refractivity contribution in [3.05, 3.63) is 30.3 Å². The first-order valence-corrected chi connectivity index (χ1v) is 8.14. The second-order valence-electron chi connectivity index (χ2n) is 5.56. The SMILES string of the molecule is CC1(NS(=O)(=O)c2ccc3nc(N)ccc3c2)CCOC1. The third kappa shape index (κ3) is 2.85. The van der Waals surface area contributed by atoms with Crippen LogP contribution in [0.5, 0.6) is 0 Å². The number of rotatable bonds is 3. The zero-order valence-electron chi connectivity index (χ0n) is 11.7. The number of aromatic nitrogens is 1. The third-order valence-electron chi connectivity index (χ3n) is 3.59. The Bertz CT molecular complexity index is 783. The topological polar surface area (TPSA) is 94.3 Å². The summed E-state index contributed by atoms with van der Waals surface area (Å²) in [6.45, 7) is 2.80. The second-order valence-corrected chi connectivity index (χ2v) is 7.24. The summed E-state index contributed by atoms with van der Waals surface area (Å²) in [6.07, 6.45) is 0.665. The van der Waals surface area contributed by atoms with Crippen LogP contribution in [0.3, 0.4) is 0 Å². The second kappa shape index (κ2) is 4.94. The van der Waals surface area contributed by atoms with Crippen LogP contribution in [-0.2, 0) is 14.8 Å². The van der Waals surface area contributed by atoms with E-state index >= 15 is 0 Å². The van der Waals surface area contributed by atoms with Crippen LogP contribution < -0.4 is 10.5 Å². The number of sulfonamides is 1. The normalized spacial score (nSPS) is 22.7. The number of pyridine rings is 1. The highest BCUT2D eigenvalue weighted by Crippen LogP contribution is 2.23. The molecule has 0 saturated carbocycles. The van der Waals surface area contributed by atoms with Crippen LogP contribution in [0.25, 0.3) is 10.9 Å². The Balaban J connectivity index is 1.97. The molecule has 2 heterocycles. The van der Waals surface area contributed by atoms with E-state index in [4.69, 9.17) is 10.5 Å². The Morgan fingerprint density at radius 2 is 2.14 bits per heavy atom. The summed E-state index contributed by atoms with van der Waals surface area (Å²) in [4.78, 5) is 4.38. The molecule has 1 unspecified atom stereocenters. The Labute approximate surface area is 123 Å². The molecule has 3 rings (SSSR count). The molecule has 21 heavy (non-hydrogen) atoms. The fraction of sp³-hybridized carbons (Fsp3) is 0.357. The third-order valence-corrected chi connectivity index (χ3v) is 5.23. The Morgan fingerprint density at radius 1 is 1.33 bits per heavy atom. The van der Waals surface area contributed by atoms with E-state index < -0.39 is 15.6 Å². The maximum absolute atomic E-state index is 12.5. The smallest absolute Gasteiger partial charge is 0.241 e. The molecule has 1 aromatic heterocycles. The highest BCUT2D eigenvalue weighted by molar-refractivity contribution is 7.89. The van der Waals surface area contributed by atoms with E-state index in [-0.39, 0.29) is 4.90 Å². The predicted molar refractivity (Wildman–Crippen MR) is 80.3 cm³/mol. The van der Waals surface area contributed by atoms with Crippen molar-refractivity contribution < 1.29 is 13.2 Å². The van der Waals surface area contributed by atoms with Crippen molar-refractivity contribution in [2.24, 2.45) is 0 Å². The number of nitrogens with zero attached hydrogens (tertiary/aromatic N) is 1. The van der Waals surface area contributed by atoms with Crippen LogP contribution >= 0.6 is 0 Å². The summed E-state index contributed by atoms with van der Waals surface area (Å²) in [6, 6.07) is 8.21. The minimum atomic E-state index is -3.59. The number of ether oxygens (including phenoxy) is 1. The summed E-state index contributed by atoms with van der Waals surface area (Å²) >= 11 is 0. The van der Waals surface area contributed by atoms with Gasteiger partial charge in [0, 0.05) is 12.0 Å². The van der Waals surface area contributed by atoms with Gasteiger partial charge in [-0.05, 0) is 43.7 Å². The number of hydrogen-bond acceptors (Lipinski definition) is 5. The number of nitrogens with two attached hydrogens (primary N) is 1. The molecule has 0 aliphatic carbocycles. The molecule has 1 aliphatic rings. The van der Waals surface area contributed by atoms with Crippen LogP contribution in [0.4, 0.5) is 5.82 Å². The summed E-state index contributed by atoms with van der Waals surface area (Å²) in [5.41, 5.74) is 5.74. The van der Waals surface area contributed by atoms with Gasteiger partial charge in [0.05, 0.1) is 22.6 Å². The fourth-order valence-corrected chi connectivity index (χ4v) is 3.87. The zero-order valence-corrected chi connectivity index (χ0v) is 12.5. The van der Waals surface area contributed by atoms with Gasteiger partial charge >= 0.3 is 0 Å². The molecule has 112 valence electrons. The van der Waals surface area contributed by atoms with E-state index in [1.54, 1.807) is 24.3 Å². The zero-order chi connectivity index (χ0) is 15.1. The lowest BCUT2D eigenvalue weighted by Crippen LogP contribution is -2.46. The summed E-state index contributed by atoms with van der Waals surface area (Å²) in [7, 11) is -3.59. The lowest BCUT2D eigenvalue weighted by Gasteiger charge is -2.23. The molecule has 1 saturated heterocycles. The first-order valence-electron chi connectivity index (χ1n) is 6.66. The van der Waals surface area contributed by atoms with Gasteiger partial charge in [0.15, 0.2) is 0 Å². The van der Waals surface area contributed by atoms with E-state index in [0.29, 0.717) is 31.0 Å². The van der Waals surface area contributed by atoms with Crippen molar-refractivity contribution in [3.63, 3.8) is 0 Å². The van der Waals surface area contributed by atoms with E-state index in [2.05, 4.69) is 9.71 Å². The number of fused-ring (bicyclic) bond motifs is 1. The molecule has 0 radical (unpaired) electrons. The van der Waals surface area contributed by atoms with Gasteiger partial charge in [0.1, 0.15) is 5.82 Å².